The molecule has 0 radical (unpaired) electrons. The van der Waals surface area contributed by atoms with Gasteiger partial charge in [0.1, 0.15) is 6.54 Å². The van der Waals surface area contributed by atoms with Crippen molar-refractivity contribution in [3.05, 3.63) is 71.3 Å². The van der Waals surface area contributed by atoms with Crippen molar-refractivity contribution in [2.24, 2.45) is 0 Å². The van der Waals surface area contributed by atoms with Crippen molar-refractivity contribution < 1.29 is 22.8 Å². The largest absolute Gasteiger partial charge is 0.405 e. The first kappa shape index (κ1) is 22.5. The number of carbonyl (C=O) groups is 2. The molecule has 2 aromatic carbocycles. The number of alkyl halides is 3. The van der Waals surface area contributed by atoms with Crippen LogP contribution in [0.5, 0.6) is 0 Å². The highest BCUT2D eigenvalue weighted by Crippen LogP contribution is 2.24. The molecule has 4 nitrogen and oxygen atoms in total. The molecule has 156 valence electrons. The van der Waals surface area contributed by atoms with Crippen LogP contribution in [0.3, 0.4) is 0 Å². The number of likely N-dealkylation sites (N-methyl/N-ethyl adjacent to an activating group) is 1. The summed E-state index contributed by atoms with van der Waals surface area (Å²) >= 11 is 0. The van der Waals surface area contributed by atoms with E-state index in [1.54, 1.807) is 24.1 Å². The van der Waals surface area contributed by atoms with Gasteiger partial charge in [0.2, 0.25) is 5.91 Å². The molecule has 1 N–H and O–H groups in total. The zero-order valence-corrected chi connectivity index (χ0v) is 16.5. The number of amides is 2. The first-order chi connectivity index (χ1) is 13.7. The summed E-state index contributed by atoms with van der Waals surface area (Å²) in [7, 11) is 1.72. The third kappa shape index (κ3) is 6.93. The summed E-state index contributed by atoms with van der Waals surface area (Å²) < 4.78 is 36.6. The molecule has 0 saturated carbocycles. The second kappa shape index (κ2) is 10.1. The standard InChI is InChI=1S/C22H25F3N2O2/c1-3-7-19(17-8-5-4-6-9-17)21(29)27(2)14-16-10-12-18(13-11-16)20(28)26-15-22(23,24)25/h4-6,8-13,19H,3,7,14-15H2,1-2H3,(H,26,28). The lowest BCUT2D eigenvalue weighted by Gasteiger charge is -2.24. The third-order valence-corrected chi connectivity index (χ3v) is 4.54. The molecule has 0 saturated heterocycles. The van der Waals surface area contributed by atoms with Crippen molar-refractivity contribution in [1.29, 1.82) is 0 Å². The fourth-order valence-corrected chi connectivity index (χ4v) is 3.07. The van der Waals surface area contributed by atoms with Crippen LogP contribution in [0.1, 0.15) is 47.2 Å². The van der Waals surface area contributed by atoms with E-state index in [1.165, 1.54) is 12.1 Å². The van der Waals surface area contributed by atoms with Gasteiger partial charge in [-0.3, -0.25) is 9.59 Å². The van der Waals surface area contributed by atoms with Gasteiger partial charge in [0.05, 0.1) is 5.92 Å². The number of nitrogens with one attached hydrogen (secondary N) is 1. The first-order valence-corrected chi connectivity index (χ1v) is 9.45. The molecule has 0 heterocycles. The van der Waals surface area contributed by atoms with Crippen LogP contribution in [0.2, 0.25) is 0 Å². The van der Waals surface area contributed by atoms with E-state index in [1.807, 2.05) is 42.6 Å². The monoisotopic (exact) mass is 406 g/mol. The van der Waals surface area contributed by atoms with Gasteiger partial charge in [-0.2, -0.15) is 13.2 Å². The molecule has 0 aliphatic heterocycles. The Kier molecular flexibility index (Phi) is 7.82. The maximum absolute atomic E-state index is 12.9. The fraction of sp³-hybridized carbons (Fsp3) is 0.364. The molecule has 7 heteroatoms. The second-order valence-electron chi connectivity index (χ2n) is 6.94. The number of benzene rings is 2. The van der Waals surface area contributed by atoms with Gasteiger partial charge in [0.15, 0.2) is 0 Å². The number of rotatable bonds is 8. The summed E-state index contributed by atoms with van der Waals surface area (Å²) in [4.78, 5) is 26.4. The second-order valence-corrected chi connectivity index (χ2v) is 6.94. The smallest absolute Gasteiger partial charge is 0.343 e. The van der Waals surface area contributed by atoms with E-state index in [9.17, 15) is 22.8 Å². The van der Waals surface area contributed by atoms with Gasteiger partial charge >= 0.3 is 6.18 Å². The minimum Gasteiger partial charge on any atom is -0.343 e. The summed E-state index contributed by atoms with van der Waals surface area (Å²) in [5.74, 6) is -1.01. The lowest BCUT2D eigenvalue weighted by molar-refractivity contribution is -0.132. The summed E-state index contributed by atoms with van der Waals surface area (Å²) in [5, 5.41) is 1.84. The third-order valence-electron chi connectivity index (χ3n) is 4.54. The Labute approximate surface area is 168 Å². The maximum Gasteiger partial charge on any atom is 0.405 e. The fourth-order valence-electron chi connectivity index (χ4n) is 3.07. The van der Waals surface area contributed by atoms with Crippen LogP contribution in [0.25, 0.3) is 0 Å². The van der Waals surface area contributed by atoms with Crippen molar-refractivity contribution in [2.45, 2.75) is 38.4 Å². The van der Waals surface area contributed by atoms with Crippen LogP contribution in [-0.4, -0.2) is 36.5 Å². The van der Waals surface area contributed by atoms with Crippen LogP contribution in [0, 0.1) is 0 Å². The van der Waals surface area contributed by atoms with E-state index in [4.69, 9.17) is 0 Å². The topological polar surface area (TPSA) is 49.4 Å². The van der Waals surface area contributed by atoms with E-state index in [0.29, 0.717) is 6.54 Å². The highest BCUT2D eigenvalue weighted by atomic mass is 19.4. The van der Waals surface area contributed by atoms with Gasteiger partial charge < -0.3 is 10.2 Å². The minimum absolute atomic E-state index is 0.00467. The first-order valence-electron chi connectivity index (χ1n) is 9.45. The van der Waals surface area contributed by atoms with Crippen LogP contribution in [0.15, 0.2) is 54.6 Å². The predicted octanol–water partition coefficient (Wildman–Crippen LogP) is 4.52. The van der Waals surface area contributed by atoms with E-state index in [0.717, 1.165) is 24.0 Å². The van der Waals surface area contributed by atoms with E-state index < -0.39 is 18.6 Å². The molecule has 0 spiro atoms. The van der Waals surface area contributed by atoms with Gasteiger partial charge in [-0.1, -0.05) is 55.8 Å². The Bertz CT molecular complexity index is 805. The van der Waals surface area contributed by atoms with Crippen molar-refractivity contribution in [3.63, 3.8) is 0 Å². The Morgan fingerprint density at radius 2 is 1.66 bits per heavy atom. The minimum atomic E-state index is -4.45. The SMILES string of the molecule is CCCC(C(=O)N(C)Cc1ccc(C(=O)NCC(F)(F)F)cc1)c1ccccc1. The molecule has 1 atom stereocenters. The van der Waals surface area contributed by atoms with E-state index in [-0.39, 0.29) is 17.4 Å². The van der Waals surface area contributed by atoms with E-state index in [2.05, 4.69) is 0 Å². The Balaban J connectivity index is 2.01. The van der Waals surface area contributed by atoms with Crippen molar-refractivity contribution >= 4 is 11.8 Å². The zero-order valence-electron chi connectivity index (χ0n) is 16.5. The highest BCUT2D eigenvalue weighted by Gasteiger charge is 2.28. The Hall–Kier alpha value is -2.83. The number of hydrogen-bond acceptors (Lipinski definition) is 2. The van der Waals surface area contributed by atoms with Crippen molar-refractivity contribution in [1.82, 2.24) is 10.2 Å². The molecule has 0 aliphatic carbocycles. The van der Waals surface area contributed by atoms with Crippen molar-refractivity contribution in [2.75, 3.05) is 13.6 Å². The molecular formula is C22H25F3N2O2. The molecule has 2 rings (SSSR count). The normalized spacial score (nSPS) is 12.3. The molecule has 29 heavy (non-hydrogen) atoms. The van der Waals surface area contributed by atoms with Gasteiger partial charge in [0.25, 0.3) is 5.91 Å². The van der Waals surface area contributed by atoms with Gasteiger partial charge in [-0.25, -0.2) is 0 Å². The summed E-state index contributed by atoms with van der Waals surface area (Å²) in [6.07, 6.45) is -2.83. The molecule has 0 fully saturated rings. The number of halogens is 3. The summed E-state index contributed by atoms with van der Waals surface area (Å²) in [5.41, 5.74) is 1.90. The van der Waals surface area contributed by atoms with Crippen LogP contribution in [0.4, 0.5) is 13.2 Å². The molecule has 1 unspecified atom stereocenters. The zero-order chi connectivity index (χ0) is 21.4. The average Bonchev–Trinajstić information content (AvgIpc) is 2.70. The number of nitrogens with zero attached hydrogens (tertiary/aromatic N) is 1. The predicted molar refractivity (Wildman–Crippen MR) is 105 cm³/mol. The molecule has 0 aromatic heterocycles. The van der Waals surface area contributed by atoms with Crippen LogP contribution in [-0.2, 0) is 11.3 Å². The summed E-state index contributed by atoms with van der Waals surface area (Å²) in [6.45, 7) is 1.01. The van der Waals surface area contributed by atoms with Gasteiger partial charge in [-0.15, -0.1) is 0 Å². The molecule has 2 amide bonds. The lowest BCUT2D eigenvalue weighted by atomic mass is 9.93. The van der Waals surface area contributed by atoms with Crippen molar-refractivity contribution in [3.8, 4) is 0 Å². The Morgan fingerprint density at radius 1 is 1.03 bits per heavy atom. The van der Waals surface area contributed by atoms with Crippen LogP contribution < -0.4 is 5.32 Å². The van der Waals surface area contributed by atoms with Gasteiger partial charge in [-0.05, 0) is 29.7 Å². The van der Waals surface area contributed by atoms with Gasteiger partial charge in [0, 0.05) is 19.2 Å². The molecular weight excluding hydrogens is 381 g/mol. The lowest BCUT2D eigenvalue weighted by Crippen LogP contribution is -2.33. The Morgan fingerprint density at radius 3 is 2.21 bits per heavy atom. The molecule has 0 bridgehead atoms. The molecule has 2 aromatic rings. The quantitative estimate of drug-likeness (QED) is 0.701. The molecule has 0 aliphatic rings. The van der Waals surface area contributed by atoms with E-state index >= 15 is 0 Å². The maximum atomic E-state index is 12.9. The summed E-state index contributed by atoms with van der Waals surface area (Å²) in [6, 6.07) is 15.8. The number of hydrogen-bond donors (Lipinski definition) is 1. The average molecular weight is 406 g/mol. The number of carbonyl (C=O) groups excluding carboxylic acids is 2. The highest BCUT2D eigenvalue weighted by molar-refractivity contribution is 5.94. The van der Waals surface area contributed by atoms with Crippen LogP contribution >= 0.6 is 0 Å².